The highest BCUT2D eigenvalue weighted by Gasteiger charge is 2.14. The summed E-state index contributed by atoms with van der Waals surface area (Å²) < 4.78 is 6.04. The highest BCUT2D eigenvalue weighted by molar-refractivity contribution is 9.10. The van der Waals surface area contributed by atoms with Crippen LogP contribution in [0.5, 0.6) is 0 Å². The first-order valence-electron chi connectivity index (χ1n) is 5.21. The fourth-order valence-corrected chi connectivity index (χ4v) is 1.68. The molecule has 0 fully saturated rings. The first-order chi connectivity index (χ1) is 7.54. The molecule has 1 aromatic heterocycles. The predicted molar refractivity (Wildman–Crippen MR) is 70.5 cm³/mol. The number of rotatable bonds is 5. The van der Waals surface area contributed by atoms with Gasteiger partial charge in [-0.3, -0.25) is 0 Å². The number of hydrogen-bond acceptors (Lipinski definition) is 4. The normalized spacial score (nSPS) is 12.8. The van der Waals surface area contributed by atoms with Gasteiger partial charge in [0.1, 0.15) is 5.82 Å². The van der Waals surface area contributed by atoms with Crippen LogP contribution in [-0.2, 0) is 4.74 Å². The van der Waals surface area contributed by atoms with E-state index in [1.807, 2.05) is 6.07 Å². The Morgan fingerprint density at radius 3 is 2.75 bits per heavy atom. The van der Waals surface area contributed by atoms with E-state index in [1.54, 1.807) is 13.3 Å². The lowest BCUT2D eigenvalue weighted by Crippen LogP contribution is -2.31. The highest BCUT2D eigenvalue weighted by atomic mass is 79.9. The van der Waals surface area contributed by atoms with Gasteiger partial charge in [0, 0.05) is 17.8 Å². The molecule has 3 N–H and O–H groups in total. The number of methoxy groups -OCH3 is 1. The average molecular weight is 288 g/mol. The molecule has 4 nitrogen and oxygen atoms in total. The van der Waals surface area contributed by atoms with Crippen molar-refractivity contribution in [2.45, 2.75) is 19.9 Å². The Balaban J connectivity index is 2.77. The summed E-state index contributed by atoms with van der Waals surface area (Å²) in [6, 6.07) is 2.04. The molecule has 0 saturated heterocycles. The molecule has 0 saturated carbocycles. The van der Waals surface area contributed by atoms with E-state index in [1.165, 1.54) is 0 Å². The zero-order chi connectivity index (χ0) is 12.1. The van der Waals surface area contributed by atoms with Crippen molar-refractivity contribution in [3.05, 3.63) is 16.7 Å². The molecule has 0 amide bonds. The van der Waals surface area contributed by atoms with Crippen molar-refractivity contribution in [3.63, 3.8) is 0 Å². The van der Waals surface area contributed by atoms with Crippen LogP contribution < -0.4 is 11.1 Å². The van der Waals surface area contributed by atoms with Crippen LogP contribution >= 0.6 is 15.9 Å². The molecule has 16 heavy (non-hydrogen) atoms. The molecule has 90 valence electrons. The number of nitrogen functional groups attached to an aromatic ring is 1. The number of anilines is 2. The van der Waals surface area contributed by atoms with Crippen LogP contribution in [-0.4, -0.2) is 24.7 Å². The van der Waals surface area contributed by atoms with E-state index in [0.717, 1.165) is 4.47 Å². The number of hydrogen-bond donors (Lipinski definition) is 2. The van der Waals surface area contributed by atoms with Crippen molar-refractivity contribution < 1.29 is 4.74 Å². The van der Waals surface area contributed by atoms with Gasteiger partial charge in [-0.05, 0) is 27.9 Å². The quantitative estimate of drug-likeness (QED) is 0.874. The van der Waals surface area contributed by atoms with Gasteiger partial charge in [0.2, 0.25) is 0 Å². The molecule has 1 unspecified atom stereocenters. The fourth-order valence-electron chi connectivity index (χ4n) is 1.33. The largest absolute Gasteiger partial charge is 0.396 e. The van der Waals surface area contributed by atoms with Gasteiger partial charge >= 0.3 is 0 Å². The molecule has 0 bridgehead atoms. The van der Waals surface area contributed by atoms with Crippen molar-refractivity contribution in [3.8, 4) is 0 Å². The zero-order valence-electron chi connectivity index (χ0n) is 9.83. The second-order valence-electron chi connectivity index (χ2n) is 4.04. The molecule has 5 heteroatoms. The van der Waals surface area contributed by atoms with Crippen molar-refractivity contribution in [1.29, 1.82) is 0 Å². The maximum absolute atomic E-state index is 5.87. The summed E-state index contributed by atoms with van der Waals surface area (Å²) in [5.74, 6) is 1.16. The summed E-state index contributed by atoms with van der Waals surface area (Å²) in [4.78, 5) is 4.24. The molecule has 1 aromatic rings. The van der Waals surface area contributed by atoms with Crippen LogP contribution in [0.2, 0.25) is 0 Å². The summed E-state index contributed by atoms with van der Waals surface area (Å²) in [6.45, 7) is 4.90. The predicted octanol–water partition coefficient (Wildman–Crippen LogP) is 2.51. The Hall–Kier alpha value is -0.810. The summed E-state index contributed by atoms with van der Waals surface area (Å²) in [7, 11) is 1.69. The van der Waals surface area contributed by atoms with Gasteiger partial charge in [0.25, 0.3) is 0 Å². The Morgan fingerprint density at radius 2 is 2.25 bits per heavy atom. The third-order valence-corrected chi connectivity index (χ3v) is 2.79. The van der Waals surface area contributed by atoms with E-state index >= 15 is 0 Å². The van der Waals surface area contributed by atoms with Crippen LogP contribution in [0.4, 0.5) is 11.5 Å². The van der Waals surface area contributed by atoms with Gasteiger partial charge < -0.3 is 15.8 Å². The van der Waals surface area contributed by atoms with E-state index in [2.05, 4.69) is 40.1 Å². The van der Waals surface area contributed by atoms with Crippen molar-refractivity contribution in [1.82, 2.24) is 4.98 Å². The van der Waals surface area contributed by atoms with Crippen LogP contribution in [0.1, 0.15) is 13.8 Å². The molecule has 0 aromatic carbocycles. The monoisotopic (exact) mass is 287 g/mol. The van der Waals surface area contributed by atoms with Crippen LogP contribution in [0, 0.1) is 5.92 Å². The maximum atomic E-state index is 5.87. The van der Waals surface area contributed by atoms with E-state index < -0.39 is 0 Å². The third kappa shape index (κ3) is 3.64. The lowest BCUT2D eigenvalue weighted by molar-refractivity contribution is 0.171. The standard InChI is InChI=1S/C11H18BrN3O/c1-7(2)10(6-16-3)15-11-9(13)4-8(12)5-14-11/h4-5,7,10H,6,13H2,1-3H3,(H,14,15). The highest BCUT2D eigenvalue weighted by Crippen LogP contribution is 2.21. The van der Waals surface area contributed by atoms with Crippen molar-refractivity contribution in [2.75, 3.05) is 24.8 Å². The second kappa shape index (κ2) is 6.06. The molecule has 1 atom stereocenters. The Labute approximate surface area is 105 Å². The number of ether oxygens (including phenoxy) is 1. The molecule has 0 aliphatic rings. The molecule has 1 heterocycles. The van der Waals surface area contributed by atoms with Crippen molar-refractivity contribution >= 4 is 27.4 Å². The minimum Gasteiger partial charge on any atom is -0.396 e. The number of halogens is 1. The van der Waals surface area contributed by atoms with E-state index in [9.17, 15) is 0 Å². The topological polar surface area (TPSA) is 60.2 Å². The van der Waals surface area contributed by atoms with Crippen LogP contribution in [0.3, 0.4) is 0 Å². The van der Waals surface area contributed by atoms with Gasteiger partial charge in [0.15, 0.2) is 0 Å². The number of nitrogens with zero attached hydrogens (tertiary/aromatic N) is 1. The lowest BCUT2D eigenvalue weighted by atomic mass is 10.1. The molecule has 0 radical (unpaired) electrons. The molecule has 0 aliphatic carbocycles. The first kappa shape index (κ1) is 13.3. The smallest absolute Gasteiger partial charge is 0.149 e. The third-order valence-electron chi connectivity index (χ3n) is 2.36. The van der Waals surface area contributed by atoms with E-state index in [4.69, 9.17) is 10.5 Å². The number of nitrogens with two attached hydrogens (primary N) is 1. The fraction of sp³-hybridized carbons (Fsp3) is 0.545. The van der Waals surface area contributed by atoms with Gasteiger partial charge in [-0.25, -0.2) is 4.98 Å². The van der Waals surface area contributed by atoms with Gasteiger partial charge in [-0.2, -0.15) is 0 Å². The van der Waals surface area contributed by atoms with Gasteiger partial charge in [-0.1, -0.05) is 13.8 Å². The molecule has 1 rings (SSSR count). The van der Waals surface area contributed by atoms with Gasteiger partial charge in [-0.15, -0.1) is 0 Å². The molecule has 0 aliphatic heterocycles. The maximum Gasteiger partial charge on any atom is 0.149 e. The lowest BCUT2D eigenvalue weighted by Gasteiger charge is -2.22. The minimum absolute atomic E-state index is 0.209. The number of aromatic nitrogens is 1. The van der Waals surface area contributed by atoms with Crippen molar-refractivity contribution in [2.24, 2.45) is 5.92 Å². The van der Waals surface area contributed by atoms with E-state index in [-0.39, 0.29) is 6.04 Å². The average Bonchev–Trinajstić information content (AvgIpc) is 2.20. The Morgan fingerprint density at radius 1 is 1.56 bits per heavy atom. The van der Waals surface area contributed by atoms with Crippen LogP contribution in [0.15, 0.2) is 16.7 Å². The summed E-state index contributed by atoms with van der Waals surface area (Å²) in [5, 5.41) is 3.29. The summed E-state index contributed by atoms with van der Waals surface area (Å²) >= 11 is 3.33. The second-order valence-corrected chi connectivity index (χ2v) is 4.96. The zero-order valence-corrected chi connectivity index (χ0v) is 11.4. The Kier molecular flexibility index (Phi) is 5.02. The van der Waals surface area contributed by atoms with E-state index in [0.29, 0.717) is 24.0 Å². The number of pyridine rings is 1. The molecule has 0 spiro atoms. The van der Waals surface area contributed by atoms with Gasteiger partial charge in [0.05, 0.1) is 18.3 Å². The first-order valence-corrected chi connectivity index (χ1v) is 6.00. The Bertz CT molecular complexity index is 344. The minimum atomic E-state index is 0.209. The molecular formula is C11H18BrN3O. The molecular weight excluding hydrogens is 270 g/mol. The summed E-state index contributed by atoms with van der Waals surface area (Å²) in [6.07, 6.45) is 1.73. The summed E-state index contributed by atoms with van der Waals surface area (Å²) in [5.41, 5.74) is 6.51. The van der Waals surface area contributed by atoms with Crippen LogP contribution in [0.25, 0.3) is 0 Å². The SMILES string of the molecule is COCC(Nc1ncc(Br)cc1N)C(C)C. The number of nitrogens with one attached hydrogen (secondary N) is 1.